The Morgan fingerprint density at radius 3 is 1.18 bits per heavy atom. The minimum absolute atomic E-state index is 0.500. The van der Waals surface area contributed by atoms with Gasteiger partial charge in [0.1, 0.15) is 61.0 Å². The van der Waals surface area contributed by atoms with E-state index in [1.54, 1.807) is 24.3 Å². The Labute approximate surface area is 230 Å². The average Bonchev–Trinajstić information content (AvgIpc) is 2.99. The van der Waals surface area contributed by atoms with Crippen molar-refractivity contribution in [3.05, 3.63) is 83.9 Å². The summed E-state index contributed by atoms with van der Waals surface area (Å²) in [5.74, 6) is 0. The first-order valence-corrected chi connectivity index (χ1v) is 13.1. The fourth-order valence-electron chi connectivity index (χ4n) is 5.40. The van der Waals surface area contributed by atoms with Gasteiger partial charge >= 0.3 is 0 Å². The lowest BCUT2D eigenvalue weighted by Crippen LogP contribution is -2.55. The highest BCUT2D eigenvalue weighted by atomic mass is 16.6. The normalized spacial score (nSPS) is 34.5. The minimum atomic E-state index is -1.46. The van der Waals surface area contributed by atoms with Gasteiger partial charge < -0.3 is 50.3 Å². The molecule has 2 saturated heterocycles. The third-order valence-electron chi connectivity index (χ3n) is 7.77. The Kier molecular flexibility index (Phi) is 8.64. The van der Waals surface area contributed by atoms with Crippen LogP contribution in [0.1, 0.15) is 23.3 Å². The third kappa shape index (κ3) is 5.44. The van der Waals surface area contributed by atoms with Crippen LogP contribution in [-0.4, -0.2) is 103 Å². The van der Waals surface area contributed by atoms with Crippen molar-refractivity contribution in [2.75, 3.05) is 13.2 Å². The number of benzene rings is 3. The molecule has 0 radical (unpaired) electrons. The van der Waals surface area contributed by atoms with Gasteiger partial charge in [0.25, 0.3) is 0 Å². The highest BCUT2D eigenvalue weighted by Gasteiger charge is 2.45. The molecule has 214 valence electrons. The molecule has 10 unspecified atom stereocenters. The molecule has 10 heteroatoms. The zero-order chi connectivity index (χ0) is 28.6. The average molecular weight is 555 g/mol. The van der Waals surface area contributed by atoms with Crippen LogP contribution in [0.4, 0.5) is 0 Å². The van der Waals surface area contributed by atoms with Gasteiger partial charge in [-0.05, 0) is 45.5 Å². The van der Waals surface area contributed by atoms with Crippen LogP contribution in [0.15, 0.2) is 72.8 Å². The number of rotatable bonds is 6. The lowest BCUT2D eigenvalue weighted by molar-refractivity contribution is -0.231. The van der Waals surface area contributed by atoms with Crippen LogP contribution < -0.4 is 0 Å². The summed E-state index contributed by atoms with van der Waals surface area (Å²) in [6.45, 7) is -1.000. The van der Waals surface area contributed by atoms with Gasteiger partial charge in [0.05, 0.1) is 13.2 Å². The fraction of sp³-hybridized carbons (Fsp3) is 0.400. The monoisotopic (exact) mass is 554 g/mol. The van der Waals surface area contributed by atoms with Crippen molar-refractivity contribution in [2.24, 2.45) is 0 Å². The molecular weight excluding hydrogens is 520 g/mol. The van der Waals surface area contributed by atoms with E-state index < -0.39 is 74.3 Å². The van der Waals surface area contributed by atoms with Gasteiger partial charge in [-0.2, -0.15) is 0 Å². The summed E-state index contributed by atoms with van der Waals surface area (Å²) >= 11 is 0. The molecule has 8 N–H and O–H groups in total. The largest absolute Gasteiger partial charge is 0.394 e. The number of aliphatic hydroxyl groups excluding tert-OH is 8. The van der Waals surface area contributed by atoms with Crippen LogP contribution in [0.3, 0.4) is 0 Å². The predicted octanol–water partition coefficient (Wildman–Crippen LogP) is 0.0504. The Bertz CT molecular complexity index is 1180. The van der Waals surface area contributed by atoms with Crippen molar-refractivity contribution < 1.29 is 50.3 Å². The molecule has 0 aromatic heterocycles. The van der Waals surface area contributed by atoms with Crippen molar-refractivity contribution in [3.8, 4) is 22.3 Å². The fourth-order valence-corrected chi connectivity index (χ4v) is 5.40. The molecule has 10 nitrogen and oxygen atoms in total. The van der Waals surface area contributed by atoms with E-state index in [0.717, 1.165) is 22.3 Å². The first-order valence-electron chi connectivity index (χ1n) is 13.1. The summed E-state index contributed by atoms with van der Waals surface area (Å²) in [5, 5.41) is 80.5. The molecule has 0 aliphatic carbocycles. The van der Waals surface area contributed by atoms with Crippen molar-refractivity contribution in [2.45, 2.75) is 61.0 Å². The molecule has 2 aliphatic heterocycles. The van der Waals surface area contributed by atoms with E-state index in [-0.39, 0.29) is 0 Å². The summed E-state index contributed by atoms with van der Waals surface area (Å²) in [6.07, 6.45) is -12.4. The topological polar surface area (TPSA) is 180 Å². The van der Waals surface area contributed by atoms with Crippen LogP contribution in [0.5, 0.6) is 0 Å². The van der Waals surface area contributed by atoms with E-state index >= 15 is 0 Å². The van der Waals surface area contributed by atoms with Gasteiger partial charge in [0, 0.05) is 0 Å². The van der Waals surface area contributed by atoms with Gasteiger partial charge in [-0.3, -0.25) is 0 Å². The molecule has 0 spiro atoms. The molecule has 0 saturated carbocycles. The Morgan fingerprint density at radius 2 is 0.825 bits per heavy atom. The molecule has 3 aromatic carbocycles. The molecule has 5 rings (SSSR count). The van der Waals surface area contributed by atoms with Gasteiger partial charge in [-0.1, -0.05) is 60.7 Å². The van der Waals surface area contributed by atoms with Crippen molar-refractivity contribution >= 4 is 0 Å². The standard InChI is InChI=1S/C30H34O10/c31-13-21-23(33)25(35)27(37)29(39-21)19-5-1-3-17(11-19)15-7-9-16(10-8-15)18-4-2-6-20(12-18)30-28(38)26(36)24(34)22(14-32)40-30/h1-12,21-38H,13-14H2. The number of aliphatic hydroxyl groups is 8. The van der Waals surface area contributed by atoms with Gasteiger partial charge in [0.15, 0.2) is 0 Å². The highest BCUT2D eigenvalue weighted by molar-refractivity contribution is 5.71. The van der Waals surface area contributed by atoms with Crippen LogP contribution in [0.25, 0.3) is 22.3 Å². The zero-order valence-corrected chi connectivity index (χ0v) is 21.5. The Balaban J connectivity index is 1.36. The highest BCUT2D eigenvalue weighted by Crippen LogP contribution is 2.36. The smallest absolute Gasteiger partial charge is 0.113 e. The zero-order valence-electron chi connectivity index (χ0n) is 21.5. The molecule has 2 aliphatic rings. The van der Waals surface area contributed by atoms with Crippen molar-refractivity contribution in [3.63, 3.8) is 0 Å². The first kappa shape index (κ1) is 28.8. The molecule has 10 atom stereocenters. The minimum Gasteiger partial charge on any atom is -0.394 e. The second kappa shape index (κ2) is 12.0. The van der Waals surface area contributed by atoms with Crippen LogP contribution >= 0.6 is 0 Å². The van der Waals surface area contributed by atoms with E-state index in [2.05, 4.69) is 0 Å². The lowest BCUT2D eigenvalue weighted by atomic mass is 9.89. The van der Waals surface area contributed by atoms with Crippen LogP contribution in [-0.2, 0) is 9.47 Å². The maximum Gasteiger partial charge on any atom is 0.113 e. The number of hydrogen-bond donors (Lipinski definition) is 8. The van der Waals surface area contributed by atoms with Gasteiger partial charge in [0.2, 0.25) is 0 Å². The molecule has 0 amide bonds. The second-order valence-corrected chi connectivity index (χ2v) is 10.3. The van der Waals surface area contributed by atoms with E-state index in [0.29, 0.717) is 11.1 Å². The molecular formula is C30H34O10. The van der Waals surface area contributed by atoms with Gasteiger partial charge in [-0.25, -0.2) is 0 Å². The van der Waals surface area contributed by atoms with Crippen LogP contribution in [0, 0.1) is 0 Å². The third-order valence-corrected chi connectivity index (χ3v) is 7.77. The molecule has 2 heterocycles. The quantitative estimate of drug-likeness (QED) is 0.207. The SMILES string of the molecule is OCC1OC(c2cccc(-c3ccc(-c4cccc(C5OC(CO)C(O)C(O)C5O)c4)cc3)c2)C(O)C(O)C1O. The molecule has 0 bridgehead atoms. The predicted molar refractivity (Wildman–Crippen MR) is 143 cm³/mol. The summed E-state index contributed by atoms with van der Waals surface area (Å²) in [5.41, 5.74) is 4.59. The van der Waals surface area contributed by atoms with Crippen molar-refractivity contribution in [1.29, 1.82) is 0 Å². The van der Waals surface area contributed by atoms with E-state index in [1.807, 2.05) is 48.5 Å². The molecule has 40 heavy (non-hydrogen) atoms. The summed E-state index contributed by atoms with van der Waals surface area (Å²) in [6, 6.07) is 22.2. The number of hydrogen-bond acceptors (Lipinski definition) is 10. The second-order valence-electron chi connectivity index (χ2n) is 10.3. The Hall–Kier alpha value is -2.74. The lowest BCUT2D eigenvalue weighted by Gasteiger charge is -2.40. The van der Waals surface area contributed by atoms with E-state index in [9.17, 15) is 40.9 Å². The van der Waals surface area contributed by atoms with E-state index in [4.69, 9.17) is 9.47 Å². The maximum atomic E-state index is 10.5. The first-order chi connectivity index (χ1) is 19.2. The number of ether oxygens (including phenoxy) is 2. The van der Waals surface area contributed by atoms with Gasteiger partial charge in [-0.15, -0.1) is 0 Å². The summed E-state index contributed by atoms with van der Waals surface area (Å²) in [7, 11) is 0. The van der Waals surface area contributed by atoms with Crippen molar-refractivity contribution in [1.82, 2.24) is 0 Å². The summed E-state index contributed by atoms with van der Waals surface area (Å²) < 4.78 is 11.4. The summed E-state index contributed by atoms with van der Waals surface area (Å²) in [4.78, 5) is 0. The molecule has 2 fully saturated rings. The van der Waals surface area contributed by atoms with E-state index in [1.165, 1.54) is 0 Å². The van der Waals surface area contributed by atoms with Crippen LogP contribution in [0.2, 0.25) is 0 Å². The maximum absolute atomic E-state index is 10.5. The Morgan fingerprint density at radius 1 is 0.450 bits per heavy atom. The molecule has 3 aromatic rings.